The van der Waals surface area contributed by atoms with E-state index in [1.807, 2.05) is 0 Å². The number of ether oxygens (including phenoxy) is 1. The van der Waals surface area contributed by atoms with Crippen molar-refractivity contribution in [1.82, 2.24) is 9.55 Å². The van der Waals surface area contributed by atoms with Crippen molar-refractivity contribution in [3.8, 4) is 5.69 Å². The van der Waals surface area contributed by atoms with Crippen LogP contribution in [0, 0.1) is 5.82 Å². The minimum Gasteiger partial charge on any atom is -0.448 e. The van der Waals surface area contributed by atoms with Crippen LogP contribution in [0.3, 0.4) is 0 Å². The van der Waals surface area contributed by atoms with E-state index in [2.05, 4.69) is 10.3 Å². The molecule has 3 rings (SSSR count). The van der Waals surface area contributed by atoms with Gasteiger partial charge in [-0.15, -0.1) is 0 Å². The van der Waals surface area contributed by atoms with Gasteiger partial charge in [0.05, 0.1) is 17.4 Å². The Hall–Kier alpha value is -3.34. The topological polar surface area (TPSA) is 73.2 Å². The van der Waals surface area contributed by atoms with E-state index in [1.54, 1.807) is 6.26 Å². The zero-order valence-corrected chi connectivity index (χ0v) is 17.6. The molecule has 0 saturated carbocycles. The highest BCUT2D eigenvalue weighted by Gasteiger charge is 2.34. The first kappa shape index (κ1) is 23.3. The molecule has 1 unspecified atom stereocenters. The number of para-hydroxylation sites is 1. The van der Waals surface area contributed by atoms with E-state index in [-0.39, 0.29) is 5.69 Å². The Morgan fingerprint density at radius 3 is 2.41 bits per heavy atom. The molecule has 0 saturated heterocycles. The van der Waals surface area contributed by atoms with Gasteiger partial charge < -0.3 is 10.1 Å². The van der Waals surface area contributed by atoms with Crippen LogP contribution in [-0.2, 0) is 15.7 Å². The van der Waals surface area contributed by atoms with E-state index in [4.69, 9.17) is 4.74 Å². The summed E-state index contributed by atoms with van der Waals surface area (Å²) in [6, 6.07) is 9.77. The summed E-state index contributed by atoms with van der Waals surface area (Å²) in [5.74, 6) is -2.32. The van der Waals surface area contributed by atoms with Gasteiger partial charge in [-0.3, -0.25) is 9.36 Å². The Kier molecular flexibility index (Phi) is 6.87. The highest BCUT2D eigenvalue weighted by molar-refractivity contribution is 7.98. The number of carbonyl (C=O) groups is 2. The SMILES string of the molecule is CSc1ncc(C(=O)OC(C)C(=O)Nc2ccccc2C(F)(F)F)n1-c1ccc(F)cc1. The van der Waals surface area contributed by atoms with Crippen molar-refractivity contribution in [1.29, 1.82) is 0 Å². The fraction of sp³-hybridized carbons (Fsp3) is 0.190. The van der Waals surface area contributed by atoms with E-state index >= 15 is 0 Å². The molecule has 1 N–H and O–H groups in total. The molecule has 0 aliphatic rings. The Morgan fingerprint density at radius 2 is 1.78 bits per heavy atom. The number of benzene rings is 2. The van der Waals surface area contributed by atoms with Crippen molar-refractivity contribution in [2.24, 2.45) is 0 Å². The number of nitrogens with one attached hydrogen (secondary N) is 1. The largest absolute Gasteiger partial charge is 0.448 e. The Labute approximate surface area is 184 Å². The van der Waals surface area contributed by atoms with Crippen LogP contribution in [0.5, 0.6) is 0 Å². The Bertz CT molecular complexity index is 1130. The molecule has 0 radical (unpaired) electrons. The van der Waals surface area contributed by atoms with E-state index in [0.717, 1.165) is 12.1 Å². The number of anilines is 1. The second-order valence-electron chi connectivity index (χ2n) is 6.52. The summed E-state index contributed by atoms with van der Waals surface area (Å²) in [5.41, 5.74) is -1.06. The fourth-order valence-electron chi connectivity index (χ4n) is 2.81. The highest BCUT2D eigenvalue weighted by atomic mass is 32.2. The third kappa shape index (κ3) is 5.10. The number of hydrogen-bond acceptors (Lipinski definition) is 5. The Balaban J connectivity index is 1.79. The number of rotatable bonds is 6. The van der Waals surface area contributed by atoms with Crippen molar-refractivity contribution in [2.75, 3.05) is 11.6 Å². The molecule has 168 valence electrons. The van der Waals surface area contributed by atoms with Gasteiger partial charge in [-0.1, -0.05) is 23.9 Å². The zero-order chi connectivity index (χ0) is 23.5. The van der Waals surface area contributed by atoms with Crippen LogP contribution in [0.15, 0.2) is 59.9 Å². The molecule has 0 bridgehead atoms. The zero-order valence-electron chi connectivity index (χ0n) is 16.8. The van der Waals surface area contributed by atoms with Crippen molar-refractivity contribution in [2.45, 2.75) is 24.4 Å². The third-order valence-corrected chi connectivity index (χ3v) is 5.00. The number of amides is 1. The number of carbonyl (C=O) groups excluding carboxylic acids is 2. The van der Waals surface area contributed by atoms with Gasteiger partial charge in [0.15, 0.2) is 17.0 Å². The van der Waals surface area contributed by atoms with Gasteiger partial charge >= 0.3 is 12.1 Å². The predicted molar refractivity (Wildman–Crippen MR) is 110 cm³/mol. The van der Waals surface area contributed by atoms with Crippen LogP contribution in [0.4, 0.5) is 23.2 Å². The lowest BCUT2D eigenvalue weighted by atomic mass is 10.1. The number of esters is 1. The average molecular weight is 467 g/mol. The third-order valence-electron chi connectivity index (χ3n) is 4.35. The summed E-state index contributed by atoms with van der Waals surface area (Å²) in [6.45, 7) is 1.23. The van der Waals surface area contributed by atoms with Crippen molar-refractivity contribution in [3.05, 3.63) is 71.8 Å². The Morgan fingerprint density at radius 1 is 1.12 bits per heavy atom. The van der Waals surface area contributed by atoms with Gasteiger partial charge in [-0.25, -0.2) is 14.2 Å². The molecular weight excluding hydrogens is 450 g/mol. The molecule has 3 aromatic rings. The first-order valence-corrected chi connectivity index (χ1v) is 10.4. The van der Waals surface area contributed by atoms with E-state index in [1.165, 1.54) is 65.8 Å². The summed E-state index contributed by atoms with van der Waals surface area (Å²) in [4.78, 5) is 29.2. The number of halogens is 4. The van der Waals surface area contributed by atoms with Crippen LogP contribution in [0.25, 0.3) is 5.69 Å². The average Bonchev–Trinajstić information content (AvgIpc) is 3.18. The van der Waals surface area contributed by atoms with Crippen molar-refractivity contribution >= 4 is 29.3 Å². The van der Waals surface area contributed by atoms with Crippen LogP contribution < -0.4 is 5.32 Å². The summed E-state index contributed by atoms with van der Waals surface area (Å²) in [7, 11) is 0. The molecule has 1 heterocycles. The number of hydrogen-bond donors (Lipinski definition) is 1. The van der Waals surface area contributed by atoms with Gasteiger partial charge in [0.1, 0.15) is 5.82 Å². The molecule has 2 aromatic carbocycles. The lowest BCUT2D eigenvalue weighted by molar-refractivity contribution is -0.137. The maximum absolute atomic E-state index is 13.3. The second kappa shape index (κ2) is 9.43. The lowest BCUT2D eigenvalue weighted by Gasteiger charge is -2.17. The molecule has 6 nitrogen and oxygen atoms in total. The summed E-state index contributed by atoms with van der Waals surface area (Å²) in [6.07, 6.45) is -3.11. The summed E-state index contributed by atoms with van der Waals surface area (Å²) >= 11 is 1.23. The van der Waals surface area contributed by atoms with Crippen LogP contribution in [-0.4, -0.2) is 33.8 Å². The normalized spacial score (nSPS) is 12.3. The van der Waals surface area contributed by atoms with Gasteiger partial charge in [0.25, 0.3) is 5.91 Å². The first-order chi connectivity index (χ1) is 15.1. The number of imidazole rings is 1. The van der Waals surface area contributed by atoms with Crippen molar-refractivity contribution < 1.29 is 31.9 Å². The maximum atomic E-state index is 13.3. The quantitative estimate of drug-likeness (QED) is 0.316. The maximum Gasteiger partial charge on any atom is 0.418 e. The van der Waals surface area contributed by atoms with E-state index in [9.17, 15) is 27.2 Å². The predicted octanol–water partition coefficient (Wildman–Crippen LogP) is 4.94. The number of nitrogens with zero attached hydrogens (tertiary/aromatic N) is 2. The van der Waals surface area contributed by atoms with Gasteiger partial charge in [0, 0.05) is 5.69 Å². The summed E-state index contributed by atoms with van der Waals surface area (Å²) in [5, 5.41) is 2.55. The number of aromatic nitrogens is 2. The number of thioether (sulfide) groups is 1. The molecule has 32 heavy (non-hydrogen) atoms. The minimum atomic E-state index is -4.67. The smallest absolute Gasteiger partial charge is 0.418 e. The monoisotopic (exact) mass is 467 g/mol. The first-order valence-electron chi connectivity index (χ1n) is 9.17. The second-order valence-corrected chi connectivity index (χ2v) is 7.30. The molecule has 0 spiro atoms. The van der Waals surface area contributed by atoms with Gasteiger partial charge in [-0.05, 0) is 49.6 Å². The molecule has 1 amide bonds. The minimum absolute atomic E-state index is 0.0312. The fourth-order valence-corrected chi connectivity index (χ4v) is 3.36. The van der Waals surface area contributed by atoms with E-state index < -0.39 is 41.2 Å². The number of alkyl halides is 3. The van der Waals surface area contributed by atoms with Crippen molar-refractivity contribution in [3.63, 3.8) is 0 Å². The molecular formula is C21H17F4N3O3S. The molecule has 0 fully saturated rings. The molecule has 1 aromatic heterocycles. The van der Waals surface area contributed by atoms with Crippen LogP contribution in [0.1, 0.15) is 23.0 Å². The molecule has 1 atom stereocenters. The van der Waals surface area contributed by atoms with Gasteiger partial charge in [-0.2, -0.15) is 13.2 Å². The van der Waals surface area contributed by atoms with Gasteiger partial charge in [0.2, 0.25) is 0 Å². The standard InChI is InChI=1S/C21H17F4N3O3S/c1-12(18(29)27-16-6-4-3-5-15(16)21(23,24)25)31-19(30)17-11-26-20(32-2)28(17)14-9-7-13(22)8-10-14/h3-12H,1-2H3,(H,27,29). The summed E-state index contributed by atoms with van der Waals surface area (Å²) < 4.78 is 59.2. The molecule has 0 aliphatic heterocycles. The molecule has 11 heteroatoms. The lowest BCUT2D eigenvalue weighted by Crippen LogP contribution is -2.31. The van der Waals surface area contributed by atoms with Crippen LogP contribution in [0.2, 0.25) is 0 Å². The van der Waals surface area contributed by atoms with Crippen LogP contribution >= 0.6 is 11.8 Å². The highest BCUT2D eigenvalue weighted by Crippen LogP contribution is 2.34. The van der Waals surface area contributed by atoms with E-state index in [0.29, 0.717) is 10.8 Å². The molecule has 0 aliphatic carbocycles.